The zero-order valence-corrected chi connectivity index (χ0v) is 15.5. The van der Waals surface area contributed by atoms with Crippen molar-refractivity contribution >= 4 is 66.1 Å². The van der Waals surface area contributed by atoms with Gasteiger partial charge in [0.25, 0.3) is 5.95 Å². The van der Waals surface area contributed by atoms with Gasteiger partial charge in [0.05, 0.1) is 16.2 Å². The molecule has 0 spiro atoms. The van der Waals surface area contributed by atoms with Crippen LogP contribution < -0.4 is 5.43 Å². The lowest BCUT2D eigenvalue weighted by molar-refractivity contribution is 0.533. The van der Waals surface area contributed by atoms with Crippen molar-refractivity contribution in [3.8, 4) is 0 Å². The number of nitrogens with zero attached hydrogens (tertiary/aromatic N) is 4. The van der Waals surface area contributed by atoms with Gasteiger partial charge in [-0.3, -0.25) is 0 Å². The average Bonchev–Trinajstić information content (AvgIpc) is 3.08. The quantitative estimate of drug-likeness (QED) is 0.357. The molecular formula is C15H10Br2N6O. The van der Waals surface area contributed by atoms with Gasteiger partial charge in [0.1, 0.15) is 11.3 Å². The molecule has 0 fully saturated rings. The third-order valence-electron chi connectivity index (χ3n) is 3.48. The van der Waals surface area contributed by atoms with Crippen LogP contribution >= 0.6 is 31.9 Å². The SMILES string of the molecule is Cc1cccc2c1[nH]c1nc(N/N=C/c3cc(Br)c(Br)o3)nnc12. The molecule has 0 saturated heterocycles. The number of anilines is 1. The summed E-state index contributed by atoms with van der Waals surface area (Å²) in [4.78, 5) is 7.67. The minimum Gasteiger partial charge on any atom is -0.447 e. The monoisotopic (exact) mass is 448 g/mol. The van der Waals surface area contributed by atoms with Crippen LogP contribution in [0.5, 0.6) is 0 Å². The van der Waals surface area contributed by atoms with Crippen LogP contribution in [0.4, 0.5) is 5.95 Å². The maximum atomic E-state index is 5.39. The van der Waals surface area contributed by atoms with Gasteiger partial charge in [-0.15, -0.1) is 10.2 Å². The zero-order chi connectivity index (χ0) is 16.7. The number of nitrogens with one attached hydrogen (secondary N) is 2. The van der Waals surface area contributed by atoms with Crippen molar-refractivity contribution in [3.05, 3.63) is 44.7 Å². The average molecular weight is 450 g/mol. The highest BCUT2D eigenvalue weighted by Crippen LogP contribution is 2.26. The van der Waals surface area contributed by atoms with Crippen molar-refractivity contribution in [2.75, 3.05) is 5.43 Å². The highest BCUT2D eigenvalue weighted by molar-refractivity contribution is 9.13. The van der Waals surface area contributed by atoms with Crippen LogP contribution in [-0.4, -0.2) is 26.4 Å². The Balaban J connectivity index is 1.63. The maximum Gasteiger partial charge on any atom is 0.265 e. The number of H-pyrrole nitrogens is 1. The van der Waals surface area contributed by atoms with E-state index in [4.69, 9.17) is 4.42 Å². The molecule has 4 rings (SSSR count). The van der Waals surface area contributed by atoms with Gasteiger partial charge in [-0.05, 0) is 44.3 Å². The fourth-order valence-corrected chi connectivity index (χ4v) is 2.98. The Kier molecular flexibility index (Phi) is 3.81. The molecule has 9 heteroatoms. The van der Waals surface area contributed by atoms with Gasteiger partial charge >= 0.3 is 0 Å². The number of rotatable bonds is 3. The van der Waals surface area contributed by atoms with Crippen molar-refractivity contribution in [2.24, 2.45) is 5.10 Å². The Morgan fingerprint density at radius 1 is 1.29 bits per heavy atom. The fourth-order valence-electron chi connectivity index (χ4n) is 2.37. The molecule has 24 heavy (non-hydrogen) atoms. The Morgan fingerprint density at radius 2 is 2.17 bits per heavy atom. The van der Waals surface area contributed by atoms with Crippen LogP contribution in [0.1, 0.15) is 11.3 Å². The number of aromatic nitrogens is 4. The number of aryl methyl sites for hydroxylation is 1. The molecule has 0 radical (unpaired) electrons. The smallest absolute Gasteiger partial charge is 0.265 e. The number of hydrogen-bond acceptors (Lipinski definition) is 6. The van der Waals surface area contributed by atoms with E-state index in [1.807, 2.05) is 25.1 Å². The maximum absolute atomic E-state index is 5.39. The number of fused-ring (bicyclic) bond motifs is 3. The van der Waals surface area contributed by atoms with E-state index in [0.29, 0.717) is 22.0 Å². The van der Waals surface area contributed by atoms with Crippen LogP contribution in [0.2, 0.25) is 0 Å². The molecule has 0 unspecified atom stereocenters. The molecule has 0 aliphatic heterocycles. The number of para-hydroxylation sites is 1. The molecule has 0 atom stereocenters. The number of aromatic amines is 1. The first kappa shape index (κ1) is 15.3. The second-order valence-electron chi connectivity index (χ2n) is 5.10. The van der Waals surface area contributed by atoms with Crippen molar-refractivity contribution in [3.63, 3.8) is 0 Å². The fraction of sp³-hybridized carbons (Fsp3) is 0.0667. The molecule has 3 heterocycles. The van der Waals surface area contributed by atoms with Gasteiger partial charge in [-0.25, -0.2) is 5.43 Å². The molecule has 1 aromatic carbocycles. The van der Waals surface area contributed by atoms with Crippen molar-refractivity contribution in [1.82, 2.24) is 20.2 Å². The number of furan rings is 1. The van der Waals surface area contributed by atoms with E-state index in [-0.39, 0.29) is 0 Å². The molecule has 4 aromatic rings. The first-order chi connectivity index (χ1) is 11.6. The predicted octanol–water partition coefficient (Wildman–Crippen LogP) is 4.38. The van der Waals surface area contributed by atoms with Gasteiger partial charge in [-0.1, -0.05) is 18.2 Å². The lowest BCUT2D eigenvalue weighted by Gasteiger charge is -1.96. The number of halogens is 2. The minimum atomic E-state index is 0.299. The Bertz CT molecular complexity index is 1060. The van der Waals surface area contributed by atoms with E-state index in [0.717, 1.165) is 26.5 Å². The summed E-state index contributed by atoms with van der Waals surface area (Å²) in [5, 5.41) is 13.4. The highest BCUT2D eigenvalue weighted by Gasteiger charge is 2.10. The lowest BCUT2D eigenvalue weighted by Crippen LogP contribution is -1.98. The van der Waals surface area contributed by atoms with Crippen LogP contribution in [0.3, 0.4) is 0 Å². The summed E-state index contributed by atoms with van der Waals surface area (Å²) < 4.78 is 6.82. The largest absolute Gasteiger partial charge is 0.447 e. The number of hydrazone groups is 1. The standard InChI is InChI=1S/C15H10Br2N6O/c1-7-3-2-4-9-11(7)19-14-12(9)21-23-15(20-14)22-18-6-8-5-10(16)13(17)24-8/h2-6H,1H3,(H2,19,20,22,23)/b18-6+. The molecule has 2 N–H and O–H groups in total. The van der Waals surface area contributed by atoms with Crippen LogP contribution in [-0.2, 0) is 0 Å². The lowest BCUT2D eigenvalue weighted by atomic mass is 10.1. The third kappa shape index (κ3) is 2.69. The molecular weight excluding hydrogens is 440 g/mol. The zero-order valence-electron chi connectivity index (χ0n) is 12.3. The predicted molar refractivity (Wildman–Crippen MR) is 99.3 cm³/mol. The molecule has 3 aromatic heterocycles. The van der Waals surface area contributed by atoms with Crippen LogP contribution in [0, 0.1) is 6.92 Å². The molecule has 0 saturated carbocycles. The highest BCUT2D eigenvalue weighted by atomic mass is 79.9. The molecule has 0 aliphatic rings. The summed E-state index contributed by atoms with van der Waals surface area (Å²) in [5.74, 6) is 0.879. The van der Waals surface area contributed by atoms with Gasteiger partial charge in [0, 0.05) is 11.5 Å². The molecule has 0 bridgehead atoms. The van der Waals surface area contributed by atoms with E-state index in [2.05, 4.69) is 62.6 Å². The molecule has 120 valence electrons. The van der Waals surface area contributed by atoms with Gasteiger partial charge in [-0.2, -0.15) is 10.1 Å². The summed E-state index contributed by atoms with van der Waals surface area (Å²) in [6.07, 6.45) is 1.53. The van der Waals surface area contributed by atoms with E-state index in [9.17, 15) is 0 Å². The van der Waals surface area contributed by atoms with Crippen molar-refractivity contribution in [1.29, 1.82) is 0 Å². The Hall–Kier alpha value is -2.26. The molecule has 0 amide bonds. The summed E-state index contributed by atoms with van der Waals surface area (Å²) >= 11 is 6.61. The molecule has 0 aliphatic carbocycles. The van der Waals surface area contributed by atoms with Crippen molar-refractivity contribution in [2.45, 2.75) is 6.92 Å². The second-order valence-corrected chi connectivity index (χ2v) is 6.67. The van der Waals surface area contributed by atoms with Crippen LogP contribution in [0.15, 0.2) is 42.9 Å². The summed E-state index contributed by atoms with van der Waals surface area (Å²) in [6, 6.07) is 7.81. The first-order valence-electron chi connectivity index (χ1n) is 6.97. The molecule has 7 nitrogen and oxygen atoms in total. The van der Waals surface area contributed by atoms with Crippen LogP contribution in [0.25, 0.3) is 22.1 Å². The minimum absolute atomic E-state index is 0.299. The normalized spacial score (nSPS) is 11.8. The van der Waals surface area contributed by atoms with Gasteiger partial charge in [0.15, 0.2) is 10.3 Å². The van der Waals surface area contributed by atoms with Gasteiger partial charge < -0.3 is 9.40 Å². The van der Waals surface area contributed by atoms with E-state index >= 15 is 0 Å². The topological polar surface area (TPSA) is 92.0 Å². The Labute approximate surface area is 152 Å². The third-order valence-corrected chi connectivity index (χ3v) is 5.19. The first-order valence-corrected chi connectivity index (χ1v) is 8.56. The van der Waals surface area contributed by atoms with Crippen molar-refractivity contribution < 1.29 is 4.42 Å². The van der Waals surface area contributed by atoms with E-state index < -0.39 is 0 Å². The summed E-state index contributed by atoms with van der Waals surface area (Å²) in [6.45, 7) is 2.04. The second kappa shape index (κ2) is 5.99. The number of hydrogen-bond donors (Lipinski definition) is 2. The van der Waals surface area contributed by atoms with E-state index in [1.54, 1.807) is 6.07 Å². The van der Waals surface area contributed by atoms with Gasteiger partial charge in [0.2, 0.25) is 0 Å². The number of benzene rings is 1. The summed E-state index contributed by atoms with van der Waals surface area (Å²) in [7, 11) is 0. The summed E-state index contributed by atoms with van der Waals surface area (Å²) in [5.41, 5.74) is 6.29. The Morgan fingerprint density at radius 3 is 2.96 bits per heavy atom. The van der Waals surface area contributed by atoms with E-state index in [1.165, 1.54) is 6.21 Å².